The fourth-order valence-corrected chi connectivity index (χ4v) is 4.68. The van der Waals surface area contributed by atoms with Crippen LogP contribution in [0.5, 0.6) is 0 Å². The summed E-state index contributed by atoms with van der Waals surface area (Å²) in [7, 11) is 0. The van der Waals surface area contributed by atoms with Gasteiger partial charge in [-0.15, -0.1) is 0 Å². The number of amides is 3. The molecular formula is C27H32FN3O4. The van der Waals surface area contributed by atoms with Gasteiger partial charge >= 0.3 is 0 Å². The quantitative estimate of drug-likeness (QED) is 0.709. The number of piperidine rings is 1. The summed E-state index contributed by atoms with van der Waals surface area (Å²) in [4.78, 5) is 43.1. The molecule has 2 saturated heterocycles. The van der Waals surface area contributed by atoms with Crippen molar-refractivity contribution in [3.8, 4) is 0 Å². The number of carbonyl (C=O) groups is 3. The number of likely N-dealkylation sites (tertiary alicyclic amines) is 1. The zero-order valence-electron chi connectivity index (χ0n) is 20.4. The normalized spacial score (nSPS) is 20.1. The molecule has 186 valence electrons. The van der Waals surface area contributed by atoms with Crippen molar-refractivity contribution in [3.63, 3.8) is 0 Å². The first-order valence-electron chi connectivity index (χ1n) is 12.1. The minimum atomic E-state index is -0.973. The van der Waals surface area contributed by atoms with Gasteiger partial charge in [-0.1, -0.05) is 24.6 Å². The summed E-state index contributed by atoms with van der Waals surface area (Å²) in [6.45, 7) is 6.67. The molecule has 0 aliphatic carbocycles. The average molecular weight is 482 g/mol. The Kier molecular flexibility index (Phi) is 7.21. The minimum absolute atomic E-state index is 0.0226. The molecule has 8 heteroatoms. The van der Waals surface area contributed by atoms with Crippen LogP contribution in [0.1, 0.15) is 59.4 Å². The highest BCUT2D eigenvalue weighted by atomic mass is 19.1. The van der Waals surface area contributed by atoms with Gasteiger partial charge in [0.1, 0.15) is 17.6 Å². The topological polar surface area (TPSA) is 79.0 Å². The van der Waals surface area contributed by atoms with E-state index in [1.807, 2.05) is 32.9 Å². The lowest BCUT2D eigenvalue weighted by Crippen LogP contribution is -2.60. The fourth-order valence-electron chi connectivity index (χ4n) is 4.68. The summed E-state index contributed by atoms with van der Waals surface area (Å²) in [5.41, 5.74) is 0.964. The van der Waals surface area contributed by atoms with Crippen LogP contribution in [0, 0.1) is 12.7 Å². The molecule has 0 unspecified atom stereocenters. The molecule has 0 bridgehead atoms. The Balaban J connectivity index is 1.57. The van der Waals surface area contributed by atoms with Crippen LogP contribution >= 0.6 is 0 Å². The van der Waals surface area contributed by atoms with Crippen molar-refractivity contribution in [1.29, 1.82) is 0 Å². The first-order valence-corrected chi connectivity index (χ1v) is 12.1. The van der Waals surface area contributed by atoms with Gasteiger partial charge < -0.3 is 15.0 Å². The second-order valence-electron chi connectivity index (χ2n) is 9.43. The highest BCUT2D eigenvalue weighted by Gasteiger charge is 2.54. The number of hydrogen-bond donors (Lipinski definition) is 1. The predicted molar refractivity (Wildman–Crippen MR) is 129 cm³/mol. The van der Waals surface area contributed by atoms with Crippen molar-refractivity contribution >= 4 is 17.7 Å². The monoisotopic (exact) mass is 481 g/mol. The van der Waals surface area contributed by atoms with Gasteiger partial charge in [-0.2, -0.15) is 0 Å². The standard InChI is InChI=1S/C27H32FN3O4/c1-4-19(3)29-24(32)23-17-35-27(31(23)26(34)21-7-5-18(2)6-8-21)13-15-30(16-14-27)25(33)20-9-11-22(28)12-10-20/h5-12,19,23H,4,13-17H2,1-3H3,(H,29,32)/t19-,23+/m0/s1. The number of nitrogens with zero attached hydrogens (tertiary/aromatic N) is 2. The van der Waals surface area contributed by atoms with Gasteiger partial charge in [0.2, 0.25) is 5.91 Å². The smallest absolute Gasteiger partial charge is 0.256 e. The summed E-state index contributed by atoms with van der Waals surface area (Å²) in [5.74, 6) is -1.09. The van der Waals surface area contributed by atoms with Gasteiger partial charge in [-0.3, -0.25) is 19.3 Å². The van der Waals surface area contributed by atoms with Crippen molar-refractivity contribution in [1.82, 2.24) is 15.1 Å². The van der Waals surface area contributed by atoms with Crippen LogP contribution in [0.2, 0.25) is 0 Å². The summed E-state index contributed by atoms with van der Waals surface area (Å²) in [6.07, 6.45) is 1.53. The van der Waals surface area contributed by atoms with Gasteiger partial charge in [0, 0.05) is 43.1 Å². The van der Waals surface area contributed by atoms with Crippen molar-refractivity contribution in [2.24, 2.45) is 0 Å². The molecule has 2 aliphatic rings. The Hall–Kier alpha value is -3.26. The van der Waals surface area contributed by atoms with E-state index in [4.69, 9.17) is 4.74 Å². The predicted octanol–water partition coefficient (Wildman–Crippen LogP) is 3.52. The van der Waals surface area contributed by atoms with E-state index >= 15 is 0 Å². The fraction of sp³-hybridized carbons (Fsp3) is 0.444. The Bertz CT molecular complexity index is 1080. The summed E-state index contributed by atoms with van der Waals surface area (Å²) in [6, 6.07) is 12.0. The van der Waals surface area contributed by atoms with Crippen LogP contribution < -0.4 is 5.32 Å². The molecule has 35 heavy (non-hydrogen) atoms. The summed E-state index contributed by atoms with van der Waals surface area (Å²) >= 11 is 0. The molecule has 0 aromatic heterocycles. The van der Waals surface area contributed by atoms with Gasteiger partial charge in [-0.05, 0) is 56.7 Å². The molecular weight excluding hydrogens is 449 g/mol. The van der Waals surface area contributed by atoms with Crippen LogP contribution in [-0.2, 0) is 9.53 Å². The lowest BCUT2D eigenvalue weighted by molar-refractivity contribution is -0.128. The maximum Gasteiger partial charge on any atom is 0.256 e. The van der Waals surface area contributed by atoms with E-state index < -0.39 is 17.6 Å². The molecule has 2 aromatic carbocycles. The second kappa shape index (κ2) is 10.2. The van der Waals surface area contributed by atoms with E-state index in [0.29, 0.717) is 37.1 Å². The molecule has 7 nitrogen and oxygen atoms in total. The van der Waals surface area contributed by atoms with E-state index in [1.165, 1.54) is 24.3 Å². The number of benzene rings is 2. The van der Waals surface area contributed by atoms with E-state index in [-0.39, 0.29) is 30.4 Å². The zero-order valence-corrected chi connectivity index (χ0v) is 20.4. The van der Waals surface area contributed by atoms with Crippen molar-refractivity contribution in [2.45, 2.75) is 57.8 Å². The van der Waals surface area contributed by atoms with E-state index in [1.54, 1.807) is 21.9 Å². The van der Waals surface area contributed by atoms with Gasteiger partial charge in [0.25, 0.3) is 11.8 Å². The molecule has 0 radical (unpaired) electrons. The third-order valence-electron chi connectivity index (χ3n) is 7.00. The summed E-state index contributed by atoms with van der Waals surface area (Å²) < 4.78 is 19.5. The third kappa shape index (κ3) is 5.07. The number of nitrogens with one attached hydrogen (secondary N) is 1. The lowest BCUT2D eigenvalue weighted by atomic mass is 9.96. The van der Waals surface area contributed by atoms with Crippen LogP contribution in [0.3, 0.4) is 0 Å². The molecule has 2 aromatic rings. The molecule has 2 atom stereocenters. The van der Waals surface area contributed by atoms with Crippen LogP contribution in [0.25, 0.3) is 0 Å². The number of ether oxygens (including phenoxy) is 1. The minimum Gasteiger partial charge on any atom is -0.353 e. The molecule has 0 saturated carbocycles. The van der Waals surface area contributed by atoms with Gasteiger partial charge in [-0.25, -0.2) is 4.39 Å². The molecule has 4 rings (SSSR count). The molecule has 2 aliphatic heterocycles. The molecule has 1 N–H and O–H groups in total. The number of aryl methyl sites for hydroxylation is 1. The summed E-state index contributed by atoms with van der Waals surface area (Å²) in [5, 5.41) is 2.98. The lowest BCUT2D eigenvalue weighted by Gasteiger charge is -2.44. The molecule has 2 fully saturated rings. The Morgan fingerprint density at radius 3 is 2.20 bits per heavy atom. The molecule has 3 amide bonds. The van der Waals surface area contributed by atoms with Crippen LogP contribution in [0.4, 0.5) is 4.39 Å². The van der Waals surface area contributed by atoms with Gasteiger partial charge in [0.15, 0.2) is 0 Å². The first-order chi connectivity index (χ1) is 16.7. The van der Waals surface area contributed by atoms with Crippen LogP contribution in [-0.4, -0.2) is 65.0 Å². The number of hydrogen-bond acceptors (Lipinski definition) is 4. The highest BCUT2D eigenvalue weighted by Crippen LogP contribution is 2.39. The number of halogens is 1. The largest absolute Gasteiger partial charge is 0.353 e. The number of rotatable bonds is 5. The van der Waals surface area contributed by atoms with E-state index in [0.717, 1.165) is 12.0 Å². The maximum absolute atomic E-state index is 13.7. The second-order valence-corrected chi connectivity index (χ2v) is 9.43. The van der Waals surface area contributed by atoms with Crippen molar-refractivity contribution in [3.05, 3.63) is 71.0 Å². The Morgan fingerprint density at radius 1 is 1.03 bits per heavy atom. The van der Waals surface area contributed by atoms with E-state index in [9.17, 15) is 18.8 Å². The Labute approximate surface area is 205 Å². The highest BCUT2D eigenvalue weighted by molar-refractivity contribution is 5.98. The zero-order chi connectivity index (χ0) is 25.2. The SMILES string of the molecule is CC[C@H](C)NC(=O)[C@H]1COC2(CCN(C(=O)c3ccc(F)cc3)CC2)N1C(=O)c1ccc(C)cc1. The third-order valence-corrected chi connectivity index (χ3v) is 7.00. The van der Waals surface area contributed by atoms with Crippen molar-refractivity contribution in [2.75, 3.05) is 19.7 Å². The number of carbonyl (C=O) groups excluding carboxylic acids is 3. The Morgan fingerprint density at radius 2 is 1.60 bits per heavy atom. The first kappa shape index (κ1) is 24.9. The molecule has 2 heterocycles. The average Bonchev–Trinajstić information content (AvgIpc) is 3.23. The van der Waals surface area contributed by atoms with Crippen molar-refractivity contribution < 1.29 is 23.5 Å². The van der Waals surface area contributed by atoms with E-state index in [2.05, 4.69) is 5.32 Å². The maximum atomic E-state index is 13.7. The molecule has 1 spiro atoms. The van der Waals surface area contributed by atoms with Gasteiger partial charge in [0.05, 0.1) is 6.61 Å². The van der Waals surface area contributed by atoms with Crippen LogP contribution in [0.15, 0.2) is 48.5 Å².